The van der Waals surface area contributed by atoms with Crippen molar-refractivity contribution in [1.29, 1.82) is 0 Å². The number of benzene rings is 2. The monoisotopic (exact) mass is 366 g/mol. The molecule has 0 aliphatic heterocycles. The minimum Gasteiger partial charge on any atom is -0.267 e. The summed E-state index contributed by atoms with van der Waals surface area (Å²) in [5, 5.41) is 2.95. The molecule has 0 heterocycles. The predicted molar refractivity (Wildman–Crippen MR) is 110 cm³/mol. The molecule has 2 rings (SSSR count). The van der Waals surface area contributed by atoms with Gasteiger partial charge in [0, 0.05) is 18.2 Å². The molecule has 144 valence electrons. The summed E-state index contributed by atoms with van der Waals surface area (Å²) in [4.78, 5) is 26.1. The highest BCUT2D eigenvalue weighted by Gasteiger charge is 2.33. The molecule has 2 aromatic rings. The number of rotatable bonds is 5. The van der Waals surface area contributed by atoms with E-state index in [4.69, 9.17) is 0 Å². The third kappa shape index (κ3) is 5.19. The summed E-state index contributed by atoms with van der Waals surface area (Å²) in [5.74, 6) is -0.394. The highest BCUT2D eigenvalue weighted by atomic mass is 16.2. The van der Waals surface area contributed by atoms with Gasteiger partial charge < -0.3 is 0 Å². The summed E-state index contributed by atoms with van der Waals surface area (Å²) in [7, 11) is 1.65. The van der Waals surface area contributed by atoms with Gasteiger partial charge >= 0.3 is 0 Å². The molecule has 2 aromatic carbocycles. The Morgan fingerprint density at radius 1 is 0.852 bits per heavy atom. The Labute approximate surface area is 162 Å². The summed E-state index contributed by atoms with van der Waals surface area (Å²) >= 11 is 0. The largest absolute Gasteiger partial charge is 0.272 e. The third-order valence-corrected chi connectivity index (χ3v) is 4.46. The van der Waals surface area contributed by atoms with E-state index in [-0.39, 0.29) is 11.8 Å². The Balaban J connectivity index is 2.27. The maximum absolute atomic E-state index is 13.2. The van der Waals surface area contributed by atoms with Crippen LogP contribution in [0.1, 0.15) is 66.8 Å². The quantitative estimate of drug-likeness (QED) is 0.702. The molecule has 27 heavy (non-hydrogen) atoms. The molecule has 0 unspecified atom stereocenters. The van der Waals surface area contributed by atoms with E-state index in [1.807, 2.05) is 63.2 Å². The molecule has 0 atom stereocenters. The summed E-state index contributed by atoms with van der Waals surface area (Å²) in [6.45, 7) is 7.94. The highest BCUT2D eigenvalue weighted by Crippen LogP contribution is 2.21. The maximum Gasteiger partial charge on any atom is 0.272 e. The molecule has 0 aliphatic carbocycles. The minimum absolute atomic E-state index is 0.184. The molecule has 0 N–H and O–H groups in total. The van der Waals surface area contributed by atoms with Crippen molar-refractivity contribution in [2.75, 3.05) is 7.05 Å². The van der Waals surface area contributed by atoms with Gasteiger partial charge in [0.25, 0.3) is 11.8 Å². The van der Waals surface area contributed by atoms with Crippen LogP contribution in [-0.2, 0) is 6.42 Å². The third-order valence-electron chi connectivity index (χ3n) is 4.46. The molecule has 0 spiro atoms. The van der Waals surface area contributed by atoms with Crippen molar-refractivity contribution in [3.05, 3.63) is 71.3 Å². The van der Waals surface area contributed by atoms with E-state index in [2.05, 4.69) is 6.92 Å². The molecule has 2 amide bonds. The first kappa shape index (κ1) is 20.7. The number of carbonyl (C=O) groups is 2. The summed E-state index contributed by atoms with van der Waals surface area (Å²) in [6.07, 6.45) is 3.29. The Morgan fingerprint density at radius 2 is 1.41 bits per heavy atom. The normalized spacial score (nSPS) is 11.1. The van der Waals surface area contributed by atoms with E-state index in [0.29, 0.717) is 11.1 Å². The van der Waals surface area contributed by atoms with Crippen LogP contribution in [-0.4, -0.2) is 34.4 Å². The number of hydrogen-bond acceptors (Lipinski definition) is 2. The molecule has 0 fully saturated rings. The molecule has 0 radical (unpaired) electrons. The fourth-order valence-electron chi connectivity index (χ4n) is 3.07. The Kier molecular flexibility index (Phi) is 6.78. The number of aryl methyl sites for hydroxylation is 1. The van der Waals surface area contributed by atoms with Crippen LogP contribution in [0.3, 0.4) is 0 Å². The SMILES string of the molecule is CCCCc1ccc(C(=O)N(N(C)C(=O)c2ccccc2)C(C)(C)C)cc1. The molecule has 0 aliphatic rings. The van der Waals surface area contributed by atoms with E-state index in [9.17, 15) is 9.59 Å². The van der Waals surface area contributed by atoms with Gasteiger partial charge in [-0.1, -0.05) is 43.7 Å². The second-order valence-electron chi connectivity index (χ2n) is 7.78. The van der Waals surface area contributed by atoms with Crippen molar-refractivity contribution in [3.8, 4) is 0 Å². The average Bonchev–Trinajstić information content (AvgIpc) is 2.65. The first-order valence-corrected chi connectivity index (χ1v) is 9.52. The number of amides is 2. The predicted octanol–water partition coefficient (Wildman–Crippen LogP) is 4.96. The molecule has 4 nitrogen and oxygen atoms in total. The Bertz CT molecular complexity index is 761. The van der Waals surface area contributed by atoms with Crippen molar-refractivity contribution < 1.29 is 9.59 Å². The van der Waals surface area contributed by atoms with Gasteiger partial charge in [0.05, 0.1) is 5.54 Å². The van der Waals surface area contributed by atoms with E-state index in [1.54, 1.807) is 19.2 Å². The van der Waals surface area contributed by atoms with Crippen LogP contribution in [0.15, 0.2) is 54.6 Å². The van der Waals surface area contributed by atoms with Crippen LogP contribution in [0.25, 0.3) is 0 Å². The number of nitrogens with zero attached hydrogens (tertiary/aromatic N) is 2. The van der Waals surface area contributed by atoms with Gasteiger partial charge in [-0.05, 0) is 63.4 Å². The second kappa shape index (κ2) is 8.85. The van der Waals surface area contributed by atoms with E-state index < -0.39 is 5.54 Å². The first-order valence-electron chi connectivity index (χ1n) is 9.52. The van der Waals surface area contributed by atoms with Gasteiger partial charge in [-0.25, -0.2) is 10.0 Å². The lowest BCUT2D eigenvalue weighted by atomic mass is 10.0. The lowest BCUT2D eigenvalue weighted by Gasteiger charge is -2.41. The van der Waals surface area contributed by atoms with Gasteiger partial charge in [0.2, 0.25) is 0 Å². The maximum atomic E-state index is 13.2. The molecule has 0 saturated heterocycles. The topological polar surface area (TPSA) is 40.6 Å². The van der Waals surface area contributed by atoms with Gasteiger partial charge in [-0.15, -0.1) is 0 Å². The van der Waals surface area contributed by atoms with Crippen LogP contribution in [0.4, 0.5) is 0 Å². The smallest absolute Gasteiger partial charge is 0.267 e. The van der Waals surface area contributed by atoms with E-state index in [0.717, 1.165) is 19.3 Å². The lowest BCUT2D eigenvalue weighted by Crippen LogP contribution is -2.56. The molecule has 0 aromatic heterocycles. The molecular weight excluding hydrogens is 336 g/mol. The standard InChI is InChI=1S/C23H30N2O2/c1-6-7-11-18-14-16-20(17-15-18)22(27)25(23(2,3)4)24(5)21(26)19-12-9-8-10-13-19/h8-10,12-17H,6-7,11H2,1-5H3. The van der Waals surface area contributed by atoms with Crippen LogP contribution >= 0.6 is 0 Å². The molecule has 4 heteroatoms. The Hall–Kier alpha value is -2.62. The summed E-state index contributed by atoms with van der Waals surface area (Å²) in [5.41, 5.74) is 1.82. The van der Waals surface area contributed by atoms with Crippen LogP contribution in [0.5, 0.6) is 0 Å². The number of hydrazine groups is 1. The van der Waals surface area contributed by atoms with Crippen molar-refractivity contribution >= 4 is 11.8 Å². The fourth-order valence-corrected chi connectivity index (χ4v) is 3.07. The zero-order valence-electron chi connectivity index (χ0n) is 17.0. The number of hydrogen-bond donors (Lipinski definition) is 0. The van der Waals surface area contributed by atoms with Gasteiger partial charge in [-0.2, -0.15) is 0 Å². The molecule has 0 saturated carbocycles. The number of carbonyl (C=O) groups excluding carboxylic acids is 2. The van der Waals surface area contributed by atoms with E-state index in [1.165, 1.54) is 15.6 Å². The molecular formula is C23H30N2O2. The second-order valence-corrected chi connectivity index (χ2v) is 7.78. The summed E-state index contributed by atoms with van der Waals surface area (Å²) in [6, 6.07) is 16.7. The lowest BCUT2D eigenvalue weighted by molar-refractivity contribution is -0.0308. The van der Waals surface area contributed by atoms with Gasteiger partial charge in [0.15, 0.2) is 0 Å². The van der Waals surface area contributed by atoms with Crippen LogP contribution in [0, 0.1) is 0 Å². The van der Waals surface area contributed by atoms with E-state index >= 15 is 0 Å². The van der Waals surface area contributed by atoms with Crippen molar-refractivity contribution in [2.45, 2.75) is 52.5 Å². The highest BCUT2D eigenvalue weighted by molar-refractivity contribution is 5.99. The average molecular weight is 367 g/mol. The van der Waals surface area contributed by atoms with Crippen LogP contribution in [0.2, 0.25) is 0 Å². The minimum atomic E-state index is -0.544. The fraction of sp³-hybridized carbons (Fsp3) is 0.391. The molecule has 0 bridgehead atoms. The van der Waals surface area contributed by atoms with Gasteiger partial charge in [-0.3, -0.25) is 9.59 Å². The van der Waals surface area contributed by atoms with Gasteiger partial charge in [0.1, 0.15) is 0 Å². The van der Waals surface area contributed by atoms with Crippen molar-refractivity contribution in [2.24, 2.45) is 0 Å². The number of unbranched alkanes of at least 4 members (excludes halogenated alkanes) is 1. The summed E-state index contributed by atoms with van der Waals surface area (Å²) < 4.78 is 0. The van der Waals surface area contributed by atoms with Crippen molar-refractivity contribution in [1.82, 2.24) is 10.0 Å². The zero-order valence-corrected chi connectivity index (χ0v) is 17.0. The Morgan fingerprint density at radius 3 is 1.93 bits per heavy atom. The zero-order chi connectivity index (χ0) is 20.0. The van der Waals surface area contributed by atoms with Crippen molar-refractivity contribution in [3.63, 3.8) is 0 Å². The van der Waals surface area contributed by atoms with Crippen LogP contribution < -0.4 is 0 Å². The first-order chi connectivity index (χ1) is 12.8.